The minimum Gasteiger partial charge on any atom is -0.309 e. The van der Waals surface area contributed by atoms with Crippen molar-refractivity contribution in [3.05, 3.63) is 84.3 Å². The first kappa shape index (κ1) is 21.5. The highest BCUT2D eigenvalue weighted by Crippen LogP contribution is 2.21. The molecule has 0 amide bonds. The third-order valence-corrected chi connectivity index (χ3v) is 5.88. The van der Waals surface area contributed by atoms with E-state index in [2.05, 4.69) is 53.0 Å². The Morgan fingerprint density at radius 2 is 1.75 bits per heavy atom. The fourth-order valence-electron chi connectivity index (χ4n) is 3.93. The molecule has 178 valence electrons. The van der Waals surface area contributed by atoms with Gasteiger partial charge in [-0.25, -0.2) is 9.97 Å². The first-order valence-corrected chi connectivity index (χ1v) is 11.4. The van der Waals surface area contributed by atoms with E-state index in [9.17, 15) is 0 Å². The van der Waals surface area contributed by atoms with Crippen LogP contribution in [0.5, 0.6) is 0 Å². The number of fused-ring (bicyclic) bond motifs is 1. The van der Waals surface area contributed by atoms with E-state index in [0.29, 0.717) is 18.8 Å². The summed E-state index contributed by atoms with van der Waals surface area (Å²) in [7, 11) is 1.85. The molecule has 0 unspecified atom stereocenters. The molecule has 0 fully saturated rings. The van der Waals surface area contributed by atoms with Gasteiger partial charge in [0.25, 0.3) is 0 Å². The first-order valence-electron chi connectivity index (χ1n) is 11.4. The van der Waals surface area contributed by atoms with E-state index < -0.39 is 0 Å². The van der Waals surface area contributed by atoms with Gasteiger partial charge < -0.3 is 5.32 Å². The summed E-state index contributed by atoms with van der Waals surface area (Å²) in [5, 5.41) is 28.3. The Labute approximate surface area is 205 Å². The average Bonchev–Trinajstić information content (AvgIpc) is 3.63. The van der Waals surface area contributed by atoms with Crippen LogP contribution in [0, 0.1) is 6.92 Å². The lowest BCUT2D eigenvalue weighted by Gasteiger charge is -2.07. The van der Waals surface area contributed by atoms with Crippen LogP contribution in [0.1, 0.15) is 17.2 Å². The van der Waals surface area contributed by atoms with Crippen molar-refractivity contribution in [2.45, 2.75) is 19.8 Å². The summed E-state index contributed by atoms with van der Waals surface area (Å²) >= 11 is 0. The quantitative estimate of drug-likeness (QED) is 0.368. The molecule has 5 heterocycles. The maximum atomic E-state index is 4.64. The van der Waals surface area contributed by atoms with Crippen molar-refractivity contribution in [1.29, 1.82) is 0 Å². The topological polar surface area (TPSA) is 129 Å². The van der Waals surface area contributed by atoms with Gasteiger partial charge in [0.05, 0.1) is 17.6 Å². The van der Waals surface area contributed by atoms with Crippen molar-refractivity contribution in [2.75, 3.05) is 5.32 Å². The van der Waals surface area contributed by atoms with E-state index in [1.165, 1.54) is 5.56 Å². The van der Waals surface area contributed by atoms with Gasteiger partial charge in [-0.15, -0.1) is 15.3 Å². The van der Waals surface area contributed by atoms with Crippen LogP contribution in [0.25, 0.3) is 22.6 Å². The van der Waals surface area contributed by atoms with Gasteiger partial charge in [0, 0.05) is 43.9 Å². The van der Waals surface area contributed by atoms with Crippen LogP contribution in [-0.2, 0) is 19.9 Å². The van der Waals surface area contributed by atoms with Crippen LogP contribution in [0.15, 0.2) is 67.1 Å². The Kier molecular flexibility index (Phi) is 5.37. The minimum atomic E-state index is 0.490. The number of rotatable bonds is 7. The second kappa shape index (κ2) is 8.98. The molecule has 12 heteroatoms. The standard InChI is InChI=1S/C24H22N12/c1-16-3-5-18(6-4-16)36-22(31-32-33-36)8-7-21-29-30-23-15-17(11-14-35(21)23)19-9-12-25-24(27-19)28-20-10-13-26-34(20)2/h3-6,9-15H,7-8H2,1-2H3,(H,25,27,28). The van der Waals surface area contributed by atoms with Crippen molar-refractivity contribution < 1.29 is 0 Å². The Morgan fingerprint density at radius 1 is 0.889 bits per heavy atom. The molecule has 1 aromatic carbocycles. The van der Waals surface area contributed by atoms with E-state index >= 15 is 0 Å². The zero-order chi connectivity index (χ0) is 24.5. The largest absolute Gasteiger partial charge is 0.309 e. The summed E-state index contributed by atoms with van der Waals surface area (Å²) in [6, 6.07) is 15.8. The summed E-state index contributed by atoms with van der Waals surface area (Å²) in [5.41, 5.74) is 4.54. The zero-order valence-corrected chi connectivity index (χ0v) is 19.7. The molecule has 6 rings (SSSR count). The van der Waals surface area contributed by atoms with Crippen molar-refractivity contribution in [1.82, 2.24) is 54.6 Å². The molecule has 36 heavy (non-hydrogen) atoms. The lowest BCUT2D eigenvalue weighted by Crippen LogP contribution is -2.06. The van der Waals surface area contributed by atoms with E-state index in [-0.39, 0.29) is 0 Å². The second-order valence-electron chi connectivity index (χ2n) is 8.33. The number of nitrogens with one attached hydrogen (secondary N) is 1. The van der Waals surface area contributed by atoms with Gasteiger partial charge in [-0.3, -0.25) is 9.08 Å². The third kappa shape index (κ3) is 4.15. The van der Waals surface area contributed by atoms with Crippen molar-refractivity contribution >= 4 is 17.4 Å². The van der Waals surface area contributed by atoms with E-state index in [4.69, 9.17) is 0 Å². The molecular weight excluding hydrogens is 456 g/mol. The molecule has 1 N–H and O–H groups in total. The smallest absolute Gasteiger partial charge is 0.228 e. The van der Waals surface area contributed by atoms with E-state index in [1.807, 2.05) is 66.2 Å². The Bertz CT molecular complexity index is 1640. The third-order valence-electron chi connectivity index (χ3n) is 5.88. The normalized spacial score (nSPS) is 11.3. The van der Waals surface area contributed by atoms with Gasteiger partial charge >= 0.3 is 0 Å². The Balaban J connectivity index is 1.21. The number of anilines is 2. The Morgan fingerprint density at radius 3 is 2.58 bits per heavy atom. The maximum Gasteiger partial charge on any atom is 0.228 e. The molecular formula is C24H22N12. The Hall–Kier alpha value is -5.00. The van der Waals surface area contributed by atoms with Crippen LogP contribution in [0.4, 0.5) is 11.8 Å². The lowest BCUT2D eigenvalue weighted by molar-refractivity contribution is 0.735. The highest BCUT2D eigenvalue weighted by Gasteiger charge is 2.13. The summed E-state index contributed by atoms with van der Waals surface area (Å²) < 4.78 is 5.45. The summed E-state index contributed by atoms with van der Waals surface area (Å²) in [5.74, 6) is 2.89. The number of tetrazole rings is 1. The molecule has 0 saturated heterocycles. The summed E-state index contributed by atoms with van der Waals surface area (Å²) in [4.78, 5) is 8.96. The molecule has 0 spiro atoms. The summed E-state index contributed by atoms with van der Waals surface area (Å²) in [6.45, 7) is 2.05. The highest BCUT2D eigenvalue weighted by atomic mass is 15.5. The van der Waals surface area contributed by atoms with Crippen molar-refractivity contribution in [3.8, 4) is 16.9 Å². The second-order valence-corrected chi connectivity index (χ2v) is 8.33. The number of hydrogen-bond donors (Lipinski definition) is 1. The number of nitrogens with zero attached hydrogens (tertiary/aromatic N) is 11. The van der Waals surface area contributed by atoms with E-state index in [0.717, 1.165) is 40.1 Å². The molecule has 0 aliphatic rings. The van der Waals surface area contributed by atoms with Crippen molar-refractivity contribution in [3.63, 3.8) is 0 Å². The molecule has 6 aromatic rings. The van der Waals surface area contributed by atoms with Crippen LogP contribution in [-0.4, -0.2) is 54.6 Å². The predicted molar refractivity (Wildman–Crippen MR) is 132 cm³/mol. The summed E-state index contributed by atoms with van der Waals surface area (Å²) in [6.07, 6.45) is 6.65. The maximum absolute atomic E-state index is 4.64. The van der Waals surface area contributed by atoms with Gasteiger partial charge in [0.1, 0.15) is 11.6 Å². The number of benzene rings is 1. The van der Waals surface area contributed by atoms with Crippen LogP contribution in [0.2, 0.25) is 0 Å². The zero-order valence-electron chi connectivity index (χ0n) is 19.7. The number of aromatic nitrogens is 11. The van der Waals surface area contributed by atoms with Gasteiger partial charge in [0.2, 0.25) is 5.95 Å². The van der Waals surface area contributed by atoms with Gasteiger partial charge in [-0.2, -0.15) is 9.78 Å². The highest BCUT2D eigenvalue weighted by molar-refractivity contribution is 5.65. The van der Waals surface area contributed by atoms with Gasteiger partial charge in [-0.1, -0.05) is 17.7 Å². The SMILES string of the molecule is Cc1ccc(-n2nnnc2CCc2nnc3cc(-c4ccnc(Nc5ccnn5C)n4)ccn23)cc1. The molecule has 0 aliphatic heterocycles. The molecule has 0 aliphatic carbocycles. The first-order chi connectivity index (χ1) is 17.6. The molecule has 12 nitrogen and oxygen atoms in total. The van der Waals surface area contributed by atoms with Gasteiger partial charge in [0.15, 0.2) is 11.5 Å². The molecule has 0 radical (unpaired) electrons. The number of aryl methyl sites for hydroxylation is 4. The number of pyridine rings is 1. The predicted octanol–water partition coefficient (Wildman–Crippen LogP) is 2.73. The van der Waals surface area contributed by atoms with Crippen molar-refractivity contribution in [2.24, 2.45) is 7.05 Å². The van der Waals surface area contributed by atoms with Crippen LogP contribution in [0.3, 0.4) is 0 Å². The van der Waals surface area contributed by atoms with E-state index in [1.54, 1.807) is 21.8 Å². The van der Waals surface area contributed by atoms with Gasteiger partial charge in [-0.05, 0) is 47.7 Å². The fourth-order valence-corrected chi connectivity index (χ4v) is 3.93. The molecule has 0 saturated carbocycles. The van der Waals surface area contributed by atoms with Crippen LogP contribution < -0.4 is 5.32 Å². The fraction of sp³-hybridized carbons (Fsp3) is 0.167. The van der Waals surface area contributed by atoms with Crippen LogP contribution >= 0.6 is 0 Å². The molecule has 5 aromatic heterocycles. The molecule has 0 bridgehead atoms. The number of hydrogen-bond acceptors (Lipinski definition) is 9. The lowest BCUT2D eigenvalue weighted by atomic mass is 10.2. The monoisotopic (exact) mass is 478 g/mol. The molecule has 0 atom stereocenters. The minimum absolute atomic E-state index is 0.490. The average molecular weight is 479 g/mol.